The standard InChI is InChI=1S/C14H17FN2/c1-13(2)11(14(13,3)4)12-16-9-7-5-6-8(15)10(9)17-12/h5-7,11H,1-4H3,(H,16,17). The molecule has 1 aromatic carbocycles. The molecule has 2 nitrogen and oxygen atoms in total. The van der Waals surface area contributed by atoms with Gasteiger partial charge in [-0.1, -0.05) is 33.8 Å². The molecule has 0 amide bonds. The summed E-state index contributed by atoms with van der Waals surface area (Å²) < 4.78 is 13.6. The first-order chi connectivity index (χ1) is 7.85. The van der Waals surface area contributed by atoms with E-state index in [4.69, 9.17) is 0 Å². The van der Waals surface area contributed by atoms with E-state index in [1.165, 1.54) is 6.07 Å². The molecule has 90 valence electrons. The molecule has 1 saturated carbocycles. The fourth-order valence-electron chi connectivity index (χ4n) is 3.03. The minimum atomic E-state index is -0.249. The van der Waals surface area contributed by atoms with Crippen molar-refractivity contribution in [1.82, 2.24) is 9.97 Å². The molecule has 0 spiro atoms. The van der Waals surface area contributed by atoms with Gasteiger partial charge in [-0.3, -0.25) is 0 Å². The van der Waals surface area contributed by atoms with Crippen LogP contribution in [0.2, 0.25) is 0 Å². The second-order valence-electron chi connectivity index (χ2n) is 6.13. The Morgan fingerprint density at radius 1 is 1.18 bits per heavy atom. The third-order valence-electron chi connectivity index (χ3n) is 4.78. The maximum Gasteiger partial charge on any atom is 0.151 e. The summed E-state index contributed by atoms with van der Waals surface area (Å²) >= 11 is 0. The number of nitrogens with zero attached hydrogens (tertiary/aromatic N) is 1. The molecule has 2 aromatic rings. The molecule has 0 aliphatic heterocycles. The molecule has 0 atom stereocenters. The number of nitrogens with one attached hydrogen (secondary N) is 1. The Morgan fingerprint density at radius 2 is 1.82 bits per heavy atom. The summed E-state index contributed by atoms with van der Waals surface area (Å²) in [5.74, 6) is 1.04. The molecule has 1 aliphatic rings. The zero-order valence-corrected chi connectivity index (χ0v) is 10.6. The van der Waals surface area contributed by atoms with Gasteiger partial charge in [0.2, 0.25) is 0 Å². The van der Waals surface area contributed by atoms with Gasteiger partial charge >= 0.3 is 0 Å². The lowest BCUT2D eigenvalue weighted by Gasteiger charge is -2.03. The summed E-state index contributed by atoms with van der Waals surface area (Å²) in [4.78, 5) is 7.69. The number of H-pyrrole nitrogens is 1. The minimum Gasteiger partial charge on any atom is -0.342 e. The van der Waals surface area contributed by atoms with Gasteiger partial charge in [0.25, 0.3) is 0 Å². The highest BCUT2D eigenvalue weighted by Crippen LogP contribution is 2.73. The number of imidazole rings is 1. The van der Waals surface area contributed by atoms with E-state index in [2.05, 4.69) is 37.7 Å². The van der Waals surface area contributed by atoms with Gasteiger partial charge in [-0.05, 0) is 23.0 Å². The molecule has 0 radical (unpaired) electrons. The first kappa shape index (κ1) is 10.8. The molecule has 1 aliphatic carbocycles. The van der Waals surface area contributed by atoms with E-state index in [0.717, 1.165) is 11.3 Å². The average Bonchev–Trinajstić information content (AvgIpc) is 2.59. The molecule has 3 heteroatoms. The van der Waals surface area contributed by atoms with Crippen LogP contribution in [0.5, 0.6) is 0 Å². The number of para-hydroxylation sites is 1. The highest BCUT2D eigenvalue weighted by molar-refractivity contribution is 5.75. The summed E-state index contributed by atoms with van der Waals surface area (Å²) in [5.41, 5.74) is 1.69. The second-order valence-corrected chi connectivity index (χ2v) is 6.13. The third-order valence-corrected chi connectivity index (χ3v) is 4.78. The minimum absolute atomic E-state index is 0.220. The van der Waals surface area contributed by atoms with Crippen LogP contribution >= 0.6 is 0 Å². The maximum absolute atomic E-state index is 13.6. The molecule has 0 unspecified atom stereocenters. The fourth-order valence-corrected chi connectivity index (χ4v) is 3.03. The molecule has 0 saturated heterocycles. The molecule has 0 bridgehead atoms. The summed E-state index contributed by atoms with van der Waals surface area (Å²) in [6.45, 7) is 8.95. The number of fused-ring (bicyclic) bond motifs is 1. The van der Waals surface area contributed by atoms with Crippen LogP contribution in [0, 0.1) is 16.6 Å². The molecule has 3 rings (SSSR count). The van der Waals surface area contributed by atoms with Crippen LogP contribution < -0.4 is 0 Å². The van der Waals surface area contributed by atoms with Crippen LogP contribution in [0.25, 0.3) is 11.0 Å². The number of hydrogen-bond donors (Lipinski definition) is 1. The van der Waals surface area contributed by atoms with Crippen molar-refractivity contribution >= 4 is 11.0 Å². The second kappa shape index (κ2) is 2.89. The van der Waals surface area contributed by atoms with Crippen molar-refractivity contribution in [2.75, 3.05) is 0 Å². The van der Waals surface area contributed by atoms with Gasteiger partial charge in [-0.15, -0.1) is 0 Å². The number of rotatable bonds is 1. The van der Waals surface area contributed by atoms with Crippen molar-refractivity contribution in [3.05, 3.63) is 29.8 Å². The Kier molecular flexibility index (Phi) is 1.83. The van der Waals surface area contributed by atoms with E-state index in [9.17, 15) is 4.39 Å². The van der Waals surface area contributed by atoms with Gasteiger partial charge < -0.3 is 4.98 Å². The van der Waals surface area contributed by atoms with Crippen molar-refractivity contribution in [2.24, 2.45) is 10.8 Å². The van der Waals surface area contributed by atoms with Crippen molar-refractivity contribution in [2.45, 2.75) is 33.6 Å². The van der Waals surface area contributed by atoms with Crippen LogP contribution in [0.3, 0.4) is 0 Å². The third kappa shape index (κ3) is 1.22. The van der Waals surface area contributed by atoms with Gasteiger partial charge in [0.05, 0.1) is 5.52 Å². The Balaban J connectivity index is 2.13. The molecular weight excluding hydrogens is 215 g/mol. The number of hydrogen-bond acceptors (Lipinski definition) is 1. The van der Waals surface area contributed by atoms with E-state index >= 15 is 0 Å². The number of halogens is 1. The molecule has 1 fully saturated rings. The lowest BCUT2D eigenvalue weighted by Crippen LogP contribution is -1.95. The summed E-state index contributed by atoms with van der Waals surface area (Å²) in [6.07, 6.45) is 0. The maximum atomic E-state index is 13.6. The molecule has 1 aromatic heterocycles. The van der Waals surface area contributed by atoms with Crippen molar-refractivity contribution in [1.29, 1.82) is 0 Å². The normalized spacial score (nSPS) is 21.9. The lowest BCUT2D eigenvalue weighted by molar-refractivity contribution is 0.457. The number of aromatic nitrogens is 2. The van der Waals surface area contributed by atoms with Crippen LogP contribution in [-0.4, -0.2) is 9.97 Å². The topological polar surface area (TPSA) is 28.7 Å². The Bertz CT molecular complexity index is 581. The van der Waals surface area contributed by atoms with Crippen LogP contribution in [0.1, 0.15) is 39.4 Å². The van der Waals surface area contributed by atoms with Crippen molar-refractivity contribution in [3.63, 3.8) is 0 Å². The van der Waals surface area contributed by atoms with Gasteiger partial charge in [-0.25, -0.2) is 9.37 Å². The average molecular weight is 232 g/mol. The molecule has 1 N–H and O–H groups in total. The van der Waals surface area contributed by atoms with E-state index in [-0.39, 0.29) is 16.6 Å². The highest BCUT2D eigenvalue weighted by Gasteiger charge is 2.66. The SMILES string of the molecule is CC1(C)C(c2nc3c(F)cccc3[nH]2)C1(C)C. The zero-order chi connectivity index (χ0) is 12.4. The van der Waals surface area contributed by atoms with Gasteiger partial charge in [-0.2, -0.15) is 0 Å². The van der Waals surface area contributed by atoms with Crippen LogP contribution in [-0.2, 0) is 0 Å². The van der Waals surface area contributed by atoms with Crippen LogP contribution in [0.4, 0.5) is 4.39 Å². The number of benzene rings is 1. The highest BCUT2D eigenvalue weighted by atomic mass is 19.1. The van der Waals surface area contributed by atoms with Gasteiger partial charge in [0.1, 0.15) is 11.3 Å². The summed E-state index contributed by atoms with van der Waals surface area (Å²) in [6, 6.07) is 5.04. The monoisotopic (exact) mass is 232 g/mol. The zero-order valence-electron chi connectivity index (χ0n) is 10.6. The number of aromatic amines is 1. The largest absolute Gasteiger partial charge is 0.342 e. The lowest BCUT2D eigenvalue weighted by atomic mass is 10.0. The molecular formula is C14H17FN2. The molecule has 1 heterocycles. The van der Waals surface area contributed by atoms with Gasteiger partial charge in [0.15, 0.2) is 5.82 Å². The smallest absolute Gasteiger partial charge is 0.151 e. The first-order valence-electron chi connectivity index (χ1n) is 6.00. The fraction of sp³-hybridized carbons (Fsp3) is 0.500. The first-order valence-corrected chi connectivity index (χ1v) is 6.00. The predicted molar refractivity (Wildman–Crippen MR) is 66.4 cm³/mol. The van der Waals surface area contributed by atoms with Crippen LogP contribution in [0.15, 0.2) is 18.2 Å². The van der Waals surface area contributed by atoms with E-state index < -0.39 is 0 Å². The van der Waals surface area contributed by atoms with E-state index in [1.807, 2.05) is 6.07 Å². The van der Waals surface area contributed by atoms with Crippen molar-refractivity contribution in [3.8, 4) is 0 Å². The predicted octanol–water partition coefficient (Wildman–Crippen LogP) is 3.85. The summed E-state index contributed by atoms with van der Waals surface area (Å²) in [7, 11) is 0. The van der Waals surface area contributed by atoms with Gasteiger partial charge in [0, 0.05) is 5.92 Å². The van der Waals surface area contributed by atoms with Crippen molar-refractivity contribution < 1.29 is 4.39 Å². The Morgan fingerprint density at radius 3 is 2.35 bits per heavy atom. The Labute approximate surface area is 100 Å². The molecule has 17 heavy (non-hydrogen) atoms. The summed E-state index contributed by atoms with van der Waals surface area (Å²) in [5, 5.41) is 0. The Hall–Kier alpha value is -1.38. The quantitative estimate of drug-likeness (QED) is 0.794. The van der Waals surface area contributed by atoms with E-state index in [0.29, 0.717) is 11.4 Å². The van der Waals surface area contributed by atoms with E-state index in [1.54, 1.807) is 6.07 Å².